The highest BCUT2D eigenvalue weighted by Gasteiger charge is 2.22. The van der Waals surface area contributed by atoms with Crippen LogP contribution in [0.1, 0.15) is 34.1 Å². The first-order chi connectivity index (χ1) is 7.79. The van der Waals surface area contributed by atoms with Gasteiger partial charge in [0.2, 0.25) is 5.91 Å². The minimum atomic E-state index is 0.0121. The van der Waals surface area contributed by atoms with Gasteiger partial charge >= 0.3 is 0 Å². The summed E-state index contributed by atoms with van der Waals surface area (Å²) >= 11 is 3.27. The molecule has 0 saturated heterocycles. The summed E-state index contributed by atoms with van der Waals surface area (Å²) in [6, 6.07) is 5.46. The lowest BCUT2D eigenvalue weighted by Gasteiger charge is -2.26. The smallest absolute Gasteiger partial charge is 0.225 e. The summed E-state index contributed by atoms with van der Waals surface area (Å²) in [6.07, 6.45) is 0.512. The van der Waals surface area contributed by atoms with Crippen LogP contribution < -0.4 is 5.32 Å². The van der Waals surface area contributed by atoms with E-state index in [1.165, 1.54) is 0 Å². The summed E-state index contributed by atoms with van der Waals surface area (Å²) in [5.74, 6) is 0.929. The van der Waals surface area contributed by atoms with Crippen molar-refractivity contribution in [3.8, 4) is 0 Å². The van der Waals surface area contributed by atoms with Crippen LogP contribution in [-0.2, 0) is 4.79 Å². The van der Waals surface area contributed by atoms with Crippen LogP contribution in [0, 0.1) is 11.3 Å². The van der Waals surface area contributed by atoms with E-state index in [9.17, 15) is 4.79 Å². The highest BCUT2D eigenvalue weighted by molar-refractivity contribution is 9.10. The van der Waals surface area contributed by atoms with Gasteiger partial charge in [0.25, 0.3) is 0 Å². The third-order valence-corrected chi connectivity index (χ3v) is 3.39. The molecule has 0 aliphatic carbocycles. The Balaban J connectivity index is 2.56. The molecule has 1 heterocycles. The number of nitrogens with zero attached hydrogens (tertiary/aromatic N) is 1. The topological polar surface area (TPSA) is 42.0 Å². The zero-order valence-electron chi connectivity index (χ0n) is 10.7. The molecule has 0 radical (unpaired) electrons. The molecule has 0 spiro atoms. The number of halogens is 1. The second kappa shape index (κ2) is 5.63. The van der Waals surface area contributed by atoms with Gasteiger partial charge in [-0.25, -0.2) is 4.98 Å². The van der Waals surface area contributed by atoms with Crippen molar-refractivity contribution in [1.29, 1.82) is 0 Å². The van der Waals surface area contributed by atoms with Gasteiger partial charge < -0.3 is 5.32 Å². The van der Waals surface area contributed by atoms with E-state index in [1.807, 2.05) is 12.1 Å². The van der Waals surface area contributed by atoms with Crippen LogP contribution in [0.2, 0.25) is 0 Å². The first-order valence-electron chi connectivity index (χ1n) is 5.71. The lowest BCUT2D eigenvalue weighted by atomic mass is 9.80. The Labute approximate surface area is 111 Å². The third kappa shape index (κ3) is 4.86. The summed E-state index contributed by atoms with van der Waals surface area (Å²) in [6.45, 7) is 8.51. The number of carbonyl (C=O) groups is 1. The van der Waals surface area contributed by atoms with Gasteiger partial charge in [0.05, 0.1) is 0 Å². The largest absolute Gasteiger partial charge is 0.311 e. The molecule has 0 fully saturated rings. The van der Waals surface area contributed by atoms with Crippen LogP contribution in [0.4, 0.5) is 5.82 Å². The van der Waals surface area contributed by atoms with Gasteiger partial charge in [-0.05, 0) is 39.4 Å². The number of rotatable bonds is 3. The molecule has 0 aromatic carbocycles. The predicted molar refractivity (Wildman–Crippen MR) is 73.8 cm³/mol. The number of anilines is 1. The van der Waals surface area contributed by atoms with Crippen molar-refractivity contribution < 1.29 is 4.79 Å². The Morgan fingerprint density at radius 1 is 1.47 bits per heavy atom. The van der Waals surface area contributed by atoms with Crippen molar-refractivity contribution >= 4 is 27.7 Å². The van der Waals surface area contributed by atoms with Crippen molar-refractivity contribution in [3.05, 3.63) is 22.8 Å². The number of hydrogen-bond acceptors (Lipinski definition) is 2. The number of aromatic nitrogens is 1. The van der Waals surface area contributed by atoms with Gasteiger partial charge in [0.15, 0.2) is 0 Å². The quantitative estimate of drug-likeness (QED) is 0.861. The van der Waals surface area contributed by atoms with Crippen LogP contribution in [0.5, 0.6) is 0 Å². The summed E-state index contributed by atoms with van der Waals surface area (Å²) in [7, 11) is 0. The molecule has 3 nitrogen and oxygen atoms in total. The fourth-order valence-electron chi connectivity index (χ4n) is 1.26. The Hall–Kier alpha value is -0.900. The van der Waals surface area contributed by atoms with E-state index in [-0.39, 0.29) is 11.3 Å². The molecular weight excluding hydrogens is 280 g/mol. The summed E-state index contributed by atoms with van der Waals surface area (Å²) in [5.41, 5.74) is 0.141. The number of carbonyl (C=O) groups excluding carboxylic acids is 1. The summed E-state index contributed by atoms with van der Waals surface area (Å²) in [4.78, 5) is 16.0. The van der Waals surface area contributed by atoms with E-state index in [4.69, 9.17) is 0 Å². The van der Waals surface area contributed by atoms with Crippen LogP contribution in [0.15, 0.2) is 22.8 Å². The van der Waals surface area contributed by atoms with Crippen molar-refractivity contribution in [2.24, 2.45) is 11.3 Å². The van der Waals surface area contributed by atoms with Gasteiger partial charge in [-0.15, -0.1) is 0 Å². The molecule has 1 N–H and O–H groups in total. The Bertz CT molecular complexity index is 399. The zero-order chi connectivity index (χ0) is 13.1. The molecule has 4 heteroatoms. The van der Waals surface area contributed by atoms with Gasteiger partial charge in [0, 0.05) is 6.42 Å². The van der Waals surface area contributed by atoms with E-state index in [2.05, 4.69) is 53.9 Å². The van der Waals surface area contributed by atoms with Crippen LogP contribution >= 0.6 is 15.9 Å². The minimum Gasteiger partial charge on any atom is -0.311 e. The maximum Gasteiger partial charge on any atom is 0.225 e. The van der Waals surface area contributed by atoms with Gasteiger partial charge in [-0.2, -0.15) is 0 Å². The number of pyridine rings is 1. The lowest BCUT2D eigenvalue weighted by molar-refractivity contribution is -0.117. The van der Waals surface area contributed by atoms with Gasteiger partial charge in [-0.1, -0.05) is 33.8 Å². The molecule has 1 aromatic rings. The van der Waals surface area contributed by atoms with Crippen molar-refractivity contribution in [2.45, 2.75) is 34.1 Å². The Kier molecular flexibility index (Phi) is 4.69. The highest BCUT2D eigenvalue weighted by atomic mass is 79.9. The molecule has 1 aromatic heterocycles. The van der Waals surface area contributed by atoms with Crippen LogP contribution in [0.3, 0.4) is 0 Å². The second-order valence-corrected chi connectivity index (χ2v) is 6.18. The van der Waals surface area contributed by atoms with E-state index < -0.39 is 0 Å². The SMILES string of the molecule is CC(CC(=O)Nc1cccc(Br)n1)C(C)(C)C. The maximum absolute atomic E-state index is 11.8. The van der Waals surface area contributed by atoms with Crippen molar-refractivity contribution in [1.82, 2.24) is 4.98 Å². The van der Waals surface area contributed by atoms with E-state index in [0.29, 0.717) is 18.2 Å². The van der Waals surface area contributed by atoms with Crippen molar-refractivity contribution in [2.75, 3.05) is 5.32 Å². The average Bonchev–Trinajstić information content (AvgIpc) is 2.15. The van der Waals surface area contributed by atoms with E-state index in [0.717, 1.165) is 4.60 Å². The predicted octanol–water partition coefficient (Wildman–Crippen LogP) is 3.85. The molecule has 1 atom stereocenters. The second-order valence-electron chi connectivity index (χ2n) is 5.36. The molecule has 0 aliphatic heterocycles. The molecule has 0 saturated carbocycles. The standard InChI is InChI=1S/C13H19BrN2O/c1-9(13(2,3)4)8-12(17)16-11-7-5-6-10(14)15-11/h5-7,9H,8H2,1-4H3,(H,15,16,17). The fraction of sp³-hybridized carbons (Fsp3) is 0.538. The molecule has 94 valence electrons. The Morgan fingerprint density at radius 2 is 2.12 bits per heavy atom. The first-order valence-corrected chi connectivity index (χ1v) is 6.51. The molecule has 0 bridgehead atoms. The molecule has 17 heavy (non-hydrogen) atoms. The minimum absolute atomic E-state index is 0.0121. The average molecular weight is 299 g/mol. The zero-order valence-corrected chi connectivity index (χ0v) is 12.3. The molecule has 1 amide bonds. The maximum atomic E-state index is 11.8. The molecular formula is C13H19BrN2O. The van der Waals surface area contributed by atoms with Crippen molar-refractivity contribution in [3.63, 3.8) is 0 Å². The summed E-state index contributed by atoms with van der Waals surface area (Å²) in [5, 5.41) is 2.81. The normalized spacial score (nSPS) is 13.2. The van der Waals surface area contributed by atoms with Gasteiger partial charge in [-0.3, -0.25) is 4.79 Å². The monoisotopic (exact) mass is 298 g/mol. The lowest BCUT2D eigenvalue weighted by Crippen LogP contribution is -2.24. The van der Waals surface area contributed by atoms with Gasteiger partial charge in [0.1, 0.15) is 10.4 Å². The third-order valence-electron chi connectivity index (χ3n) is 2.95. The van der Waals surface area contributed by atoms with E-state index in [1.54, 1.807) is 6.07 Å². The van der Waals surface area contributed by atoms with E-state index >= 15 is 0 Å². The fourth-order valence-corrected chi connectivity index (χ4v) is 1.60. The highest BCUT2D eigenvalue weighted by Crippen LogP contribution is 2.28. The molecule has 1 rings (SSSR count). The Morgan fingerprint density at radius 3 is 2.65 bits per heavy atom. The number of nitrogens with one attached hydrogen (secondary N) is 1. The number of amides is 1. The molecule has 1 unspecified atom stereocenters. The van der Waals surface area contributed by atoms with Crippen LogP contribution in [0.25, 0.3) is 0 Å². The number of hydrogen-bond donors (Lipinski definition) is 1. The first kappa shape index (κ1) is 14.2. The van der Waals surface area contributed by atoms with Crippen LogP contribution in [-0.4, -0.2) is 10.9 Å². The molecule has 0 aliphatic rings. The summed E-state index contributed by atoms with van der Waals surface area (Å²) < 4.78 is 0.721.